The summed E-state index contributed by atoms with van der Waals surface area (Å²) in [5.74, 6) is 1.25. The van der Waals surface area contributed by atoms with Gasteiger partial charge in [-0.25, -0.2) is 4.79 Å². The van der Waals surface area contributed by atoms with Gasteiger partial charge in [-0.2, -0.15) is 0 Å². The summed E-state index contributed by atoms with van der Waals surface area (Å²) in [6.45, 7) is 4.35. The topological polar surface area (TPSA) is 44.8 Å². The molecule has 110 valence electrons. The fourth-order valence-electron chi connectivity index (χ4n) is 1.97. The molecule has 2 rings (SSSR count). The first-order valence-corrected chi connectivity index (χ1v) is 6.64. The van der Waals surface area contributed by atoms with Gasteiger partial charge in [-0.3, -0.25) is 0 Å². The third kappa shape index (κ3) is 3.99. The van der Waals surface area contributed by atoms with Crippen LogP contribution < -0.4 is 9.47 Å². The van der Waals surface area contributed by atoms with Crippen molar-refractivity contribution in [2.24, 2.45) is 0 Å². The summed E-state index contributed by atoms with van der Waals surface area (Å²) in [7, 11) is 1.27. The van der Waals surface area contributed by atoms with Crippen LogP contribution in [0.4, 0.5) is 4.79 Å². The molecule has 0 aromatic heterocycles. The second kappa shape index (κ2) is 6.79. The second-order valence-electron chi connectivity index (χ2n) is 4.72. The molecule has 0 amide bonds. The lowest BCUT2D eigenvalue weighted by Gasteiger charge is -2.12. The van der Waals surface area contributed by atoms with Crippen molar-refractivity contribution in [3.63, 3.8) is 0 Å². The molecule has 0 aliphatic rings. The molecule has 0 bridgehead atoms. The van der Waals surface area contributed by atoms with Crippen LogP contribution in [0.3, 0.4) is 0 Å². The third-order valence-corrected chi connectivity index (χ3v) is 3.05. The number of benzene rings is 2. The van der Waals surface area contributed by atoms with Crippen molar-refractivity contribution in [3.8, 4) is 11.5 Å². The molecule has 2 aromatic rings. The van der Waals surface area contributed by atoms with Crippen LogP contribution in [0.15, 0.2) is 42.5 Å². The molecule has 0 unspecified atom stereocenters. The Hall–Kier alpha value is -2.49. The van der Waals surface area contributed by atoms with Gasteiger partial charge < -0.3 is 14.2 Å². The van der Waals surface area contributed by atoms with Crippen LogP contribution in [-0.4, -0.2) is 13.3 Å². The van der Waals surface area contributed by atoms with Crippen molar-refractivity contribution in [2.75, 3.05) is 7.11 Å². The van der Waals surface area contributed by atoms with Gasteiger partial charge in [0, 0.05) is 5.56 Å². The maximum Gasteiger partial charge on any atom is 0.513 e. The van der Waals surface area contributed by atoms with Gasteiger partial charge in [-0.05, 0) is 31.5 Å². The zero-order chi connectivity index (χ0) is 15.2. The number of carbonyl (C=O) groups is 1. The van der Waals surface area contributed by atoms with Gasteiger partial charge in [0.25, 0.3) is 0 Å². The van der Waals surface area contributed by atoms with E-state index in [0.29, 0.717) is 12.4 Å². The Morgan fingerprint density at radius 3 is 2.52 bits per heavy atom. The molecule has 0 saturated carbocycles. The average molecular weight is 286 g/mol. The molecule has 0 heterocycles. The number of carbonyl (C=O) groups excluding carboxylic acids is 1. The van der Waals surface area contributed by atoms with E-state index in [1.54, 1.807) is 12.1 Å². The lowest BCUT2D eigenvalue weighted by Crippen LogP contribution is -2.09. The van der Waals surface area contributed by atoms with Gasteiger partial charge in [-0.15, -0.1) is 0 Å². The molecule has 0 spiro atoms. The van der Waals surface area contributed by atoms with E-state index < -0.39 is 6.16 Å². The highest BCUT2D eigenvalue weighted by Crippen LogP contribution is 2.23. The predicted molar refractivity (Wildman–Crippen MR) is 79.7 cm³/mol. The summed E-state index contributed by atoms with van der Waals surface area (Å²) in [6.07, 6.45) is -0.742. The predicted octanol–water partition coefficient (Wildman–Crippen LogP) is 4.03. The van der Waals surface area contributed by atoms with Crippen molar-refractivity contribution >= 4 is 6.16 Å². The normalized spacial score (nSPS) is 10.0. The van der Waals surface area contributed by atoms with Crippen LogP contribution in [0.1, 0.15) is 16.7 Å². The van der Waals surface area contributed by atoms with Crippen LogP contribution in [0.5, 0.6) is 11.5 Å². The highest BCUT2D eigenvalue weighted by Gasteiger charge is 2.09. The monoisotopic (exact) mass is 286 g/mol. The Morgan fingerprint density at radius 2 is 1.81 bits per heavy atom. The van der Waals surface area contributed by atoms with E-state index in [-0.39, 0.29) is 0 Å². The molecule has 0 atom stereocenters. The Balaban J connectivity index is 2.11. The largest absolute Gasteiger partial charge is 0.513 e. The first kappa shape index (κ1) is 14.9. The Bertz CT molecular complexity index is 634. The lowest BCUT2D eigenvalue weighted by atomic mass is 10.1. The van der Waals surface area contributed by atoms with Crippen LogP contribution in [0.2, 0.25) is 0 Å². The molecule has 0 aliphatic carbocycles. The van der Waals surface area contributed by atoms with Gasteiger partial charge in [-0.1, -0.05) is 35.9 Å². The van der Waals surface area contributed by atoms with Crippen molar-refractivity contribution < 1.29 is 19.0 Å². The van der Waals surface area contributed by atoms with E-state index in [9.17, 15) is 4.79 Å². The Kier molecular flexibility index (Phi) is 4.82. The van der Waals surface area contributed by atoms with Crippen LogP contribution >= 0.6 is 0 Å². The summed E-state index contributed by atoms with van der Waals surface area (Å²) in [4.78, 5) is 11.2. The molecule has 0 fully saturated rings. The second-order valence-corrected chi connectivity index (χ2v) is 4.72. The van der Waals surface area contributed by atoms with Crippen molar-refractivity contribution in [1.29, 1.82) is 0 Å². The van der Waals surface area contributed by atoms with Gasteiger partial charge >= 0.3 is 6.16 Å². The molecule has 0 saturated heterocycles. The van der Waals surface area contributed by atoms with Crippen LogP contribution in [0.25, 0.3) is 0 Å². The fraction of sp³-hybridized carbons (Fsp3) is 0.235. The summed E-state index contributed by atoms with van der Waals surface area (Å²) in [5, 5.41) is 0. The van der Waals surface area contributed by atoms with E-state index in [1.807, 2.05) is 38.1 Å². The van der Waals surface area contributed by atoms with Crippen molar-refractivity contribution in [3.05, 3.63) is 59.2 Å². The fourth-order valence-corrected chi connectivity index (χ4v) is 1.97. The van der Waals surface area contributed by atoms with Gasteiger partial charge in [0.15, 0.2) is 0 Å². The van der Waals surface area contributed by atoms with E-state index in [1.165, 1.54) is 12.7 Å². The minimum atomic E-state index is -0.742. The van der Waals surface area contributed by atoms with Crippen molar-refractivity contribution in [1.82, 2.24) is 0 Å². The highest BCUT2D eigenvalue weighted by molar-refractivity contribution is 5.64. The number of ether oxygens (including phenoxy) is 3. The zero-order valence-corrected chi connectivity index (χ0v) is 12.4. The number of aryl methyl sites for hydroxylation is 2. The van der Waals surface area contributed by atoms with Crippen LogP contribution in [-0.2, 0) is 11.3 Å². The third-order valence-electron chi connectivity index (χ3n) is 3.05. The van der Waals surface area contributed by atoms with Crippen LogP contribution in [0, 0.1) is 13.8 Å². The number of rotatable bonds is 4. The number of hydrogen-bond acceptors (Lipinski definition) is 4. The molecule has 4 nitrogen and oxygen atoms in total. The quantitative estimate of drug-likeness (QED) is 0.629. The highest BCUT2D eigenvalue weighted by atomic mass is 16.7. The minimum absolute atomic E-state index is 0.317. The molecule has 0 aliphatic heterocycles. The van der Waals surface area contributed by atoms with Crippen molar-refractivity contribution in [2.45, 2.75) is 20.5 Å². The SMILES string of the molecule is COC(=O)Oc1ccccc1COc1ccc(C)cc1C. The number of para-hydroxylation sites is 1. The Labute approximate surface area is 124 Å². The first-order valence-electron chi connectivity index (χ1n) is 6.64. The molecular weight excluding hydrogens is 268 g/mol. The average Bonchev–Trinajstić information content (AvgIpc) is 2.47. The lowest BCUT2D eigenvalue weighted by molar-refractivity contribution is 0.120. The molecule has 2 aromatic carbocycles. The van der Waals surface area contributed by atoms with E-state index >= 15 is 0 Å². The summed E-state index contributed by atoms with van der Waals surface area (Å²) < 4.78 is 15.4. The number of methoxy groups -OCH3 is 1. The maximum absolute atomic E-state index is 11.2. The molecule has 0 radical (unpaired) electrons. The van der Waals surface area contributed by atoms with Gasteiger partial charge in [0.2, 0.25) is 0 Å². The molecular formula is C17H18O4. The van der Waals surface area contributed by atoms with E-state index in [4.69, 9.17) is 9.47 Å². The molecule has 4 heteroatoms. The minimum Gasteiger partial charge on any atom is -0.488 e. The zero-order valence-electron chi connectivity index (χ0n) is 12.4. The van der Waals surface area contributed by atoms with Gasteiger partial charge in [0.05, 0.1) is 7.11 Å². The Morgan fingerprint density at radius 1 is 1.05 bits per heavy atom. The maximum atomic E-state index is 11.2. The molecule has 0 N–H and O–H groups in total. The number of hydrogen-bond donors (Lipinski definition) is 0. The summed E-state index contributed by atoms with van der Waals surface area (Å²) in [5.41, 5.74) is 3.04. The van der Waals surface area contributed by atoms with E-state index in [0.717, 1.165) is 16.9 Å². The standard InChI is InChI=1S/C17H18O4/c1-12-8-9-15(13(2)10-12)20-11-14-6-4-5-7-16(14)21-17(18)19-3/h4-10H,11H2,1-3H3. The smallest absolute Gasteiger partial charge is 0.488 e. The van der Waals surface area contributed by atoms with Gasteiger partial charge in [0.1, 0.15) is 18.1 Å². The molecule has 21 heavy (non-hydrogen) atoms. The van der Waals surface area contributed by atoms with E-state index in [2.05, 4.69) is 10.8 Å². The summed E-state index contributed by atoms with van der Waals surface area (Å²) in [6, 6.07) is 13.2. The first-order chi connectivity index (χ1) is 10.1. The summed E-state index contributed by atoms with van der Waals surface area (Å²) >= 11 is 0.